The normalized spacial score (nSPS) is 29.8. The second kappa shape index (κ2) is 3.01. The molecule has 0 N–H and O–H groups in total. The van der Waals surface area contributed by atoms with Crippen LogP contribution >= 0.6 is 0 Å². The van der Waals surface area contributed by atoms with Crippen LogP contribution in [0.5, 0.6) is 0 Å². The molecule has 0 spiro atoms. The summed E-state index contributed by atoms with van der Waals surface area (Å²) in [4.78, 5) is 13.5. The van der Waals surface area contributed by atoms with Gasteiger partial charge in [0.15, 0.2) is 0 Å². The third-order valence-electron chi connectivity index (χ3n) is 2.61. The van der Waals surface area contributed by atoms with Crippen LogP contribution in [-0.4, -0.2) is 29.2 Å². The minimum absolute atomic E-state index is 0.172. The zero-order chi connectivity index (χ0) is 10.3. The van der Waals surface area contributed by atoms with Crippen molar-refractivity contribution in [2.75, 3.05) is 6.54 Å². The molecule has 2 aliphatic rings. The summed E-state index contributed by atoms with van der Waals surface area (Å²) in [7, 11) is 0. The van der Waals surface area contributed by atoms with Crippen molar-refractivity contribution in [3.05, 3.63) is 12.2 Å². The average Bonchev–Trinajstić information content (AvgIpc) is 2.59. The number of rotatable bonds is 0. The molecule has 0 aromatic carbocycles. The van der Waals surface area contributed by atoms with Gasteiger partial charge in [0.1, 0.15) is 5.60 Å². The number of carbonyl (C=O) groups is 1. The van der Waals surface area contributed by atoms with Gasteiger partial charge < -0.3 is 9.64 Å². The van der Waals surface area contributed by atoms with E-state index in [9.17, 15) is 4.79 Å². The fraction of sp³-hybridized carbons (Fsp3) is 0.727. The van der Waals surface area contributed by atoms with Crippen molar-refractivity contribution >= 4 is 6.09 Å². The van der Waals surface area contributed by atoms with Crippen molar-refractivity contribution in [1.29, 1.82) is 0 Å². The zero-order valence-electron chi connectivity index (χ0n) is 8.99. The predicted octanol–water partition coefficient (Wildman–Crippen LogP) is 2.18. The number of ether oxygens (including phenoxy) is 1. The molecule has 0 aromatic heterocycles. The highest BCUT2D eigenvalue weighted by atomic mass is 16.6. The summed E-state index contributed by atoms with van der Waals surface area (Å²) in [5.74, 6) is 0.563. The molecule has 1 aliphatic heterocycles. The molecule has 0 unspecified atom stereocenters. The Hall–Kier alpha value is -0.990. The highest BCUT2D eigenvalue weighted by molar-refractivity contribution is 5.69. The van der Waals surface area contributed by atoms with Gasteiger partial charge in [-0.3, -0.25) is 0 Å². The summed E-state index contributed by atoms with van der Waals surface area (Å²) in [6.07, 6.45) is 5.22. The van der Waals surface area contributed by atoms with Crippen LogP contribution in [0.3, 0.4) is 0 Å². The molecule has 14 heavy (non-hydrogen) atoms. The van der Waals surface area contributed by atoms with E-state index < -0.39 is 0 Å². The predicted molar refractivity (Wildman–Crippen MR) is 54.0 cm³/mol. The van der Waals surface area contributed by atoms with Crippen LogP contribution in [0.25, 0.3) is 0 Å². The van der Waals surface area contributed by atoms with Gasteiger partial charge in [0, 0.05) is 6.54 Å². The fourth-order valence-electron chi connectivity index (χ4n) is 2.04. The van der Waals surface area contributed by atoms with E-state index in [2.05, 4.69) is 12.2 Å². The largest absolute Gasteiger partial charge is 0.444 e. The Morgan fingerprint density at radius 1 is 1.43 bits per heavy atom. The fourth-order valence-corrected chi connectivity index (χ4v) is 2.04. The van der Waals surface area contributed by atoms with Gasteiger partial charge in [-0.05, 0) is 33.1 Å². The average molecular weight is 195 g/mol. The second-order valence-electron chi connectivity index (χ2n) is 5.08. The Labute approximate surface area is 84.7 Å². The summed E-state index contributed by atoms with van der Waals surface area (Å²) < 4.78 is 5.33. The maximum Gasteiger partial charge on any atom is 0.410 e. The second-order valence-corrected chi connectivity index (χ2v) is 5.08. The maximum absolute atomic E-state index is 11.7. The Balaban J connectivity index is 1.97. The van der Waals surface area contributed by atoms with Gasteiger partial charge in [0.05, 0.1) is 6.04 Å². The zero-order valence-corrected chi connectivity index (χ0v) is 8.99. The van der Waals surface area contributed by atoms with Gasteiger partial charge in [-0.1, -0.05) is 12.2 Å². The molecular formula is C11H17NO2. The molecule has 2 rings (SSSR count). The van der Waals surface area contributed by atoms with Crippen LogP contribution < -0.4 is 0 Å². The highest BCUT2D eigenvalue weighted by Gasteiger charge is 2.38. The molecule has 78 valence electrons. The van der Waals surface area contributed by atoms with Crippen LogP contribution in [0.15, 0.2) is 12.2 Å². The Morgan fingerprint density at radius 3 is 2.57 bits per heavy atom. The van der Waals surface area contributed by atoms with Gasteiger partial charge in [0.2, 0.25) is 0 Å². The van der Waals surface area contributed by atoms with E-state index in [4.69, 9.17) is 4.74 Å². The Bertz CT molecular complexity index is 278. The maximum atomic E-state index is 11.7. The van der Waals surface area contributed by atoms with Crippen LogP contribution in [0, 0.1) is 5.92 Å². The third-order valence-corrected chi connectivity index (χ3v) is 2.61. The number of nitrogens with zero attached hydrogens (tertiary/aromatic N) is 1. The molecule has 0 aromatic rings. The van der Waals surface area contributed by atoms with Gasteiger partial charge >= 0.3 is 6.09 Å². The van der Waals surface area contributed by atoms with Crippen LogP contribution in [0.2, 0.25) is 0 Å². The minimum Gasteiger partial charge on any atom is -0.444 e. The Morgan fingerprint density at radius 2 is 2.14 bits per heavy atom. The van der Waals surface area contributed by atoms with Crippen molar-refractivity contribution in [3.63, 3.8) is 0 Å². The van der Waals surface area contributed by atoms with Gasteiger partial charge in [-0.2, -0.15) is 0 Å². The molecule has 3 nitrogen and oxygen atoms in total. The van der Waals surface area contributed by atoms with Gasteiger partial charge in [-0.15, -0.1) is 0 Å². The summed E-state index contributed by atoms with van der Waals surface area (Å²) in [6, 6.07) is 0.287. The third kappa shape index (κ3) is 1.76. The van der Waals surface area contributed by atoms with Crippen LogP contribution in [0.4, 0.5) is 4.79 Å². The first-order chi connectivity index (χ1) is 6.46. The van der Waals surface area contributed by atoms with E-state index in [1.165, 1.54) is 0 Å². The monoisotopic (exact) mass is 195 g/mol. The summed E-state index contributed by atoms with van der Waals surface area (Å²) in [5.41, 5.74) is -0.386. The van der Waals surface area contributed by atoms with Crippen LogP contribution in [0.1, 0.15) is 27.2 Å². The molecule has 1 aliphatic carbocycles. The molecule has 0 radical (unpaired) electrons. The van der Waals surface area contributed by atoms with Crippen molar-refractivity contribution in [1.82, 2.24) is 4.90 Å². The smallest absolute Gasteiger partial charge is 0.410 e. The molecule has 1 heterocycles. The Kier molecular flexibility index (Phi) is 2.05. The summed E-state index contributed by atoms with van der Waals surface area (Å²) >= 11 is 0. The standard InChI is InChI=1S/C11H17NO2/c1-11(2,3)14-10(13)12-7-8-4-5-9(12)6-8/h4-5,8-9H,6-7H2,1-3H3/t8-,9+/m1/s1. The first kappa shape index (κ1) is 9.56. The lowest BCUT2D eigenvalue weighted by Crippen LogP contribution is -2.40. The van der Waals surface area contributed by atoms with Gasteiger partial charge in [0.25, 0.3) is 0 Å². The summed E-state index contributed by atoms with van der Waals surface area (Å²) in [6.45, 7) is 6.52. The number of likely N-dealkylation sites (tertiary alicyclic amines) is 1. The van der Waals surface area contributed by atoms with E-state index in [0.717, 1.165) is 13.0 Å². The molecular weight excluding hydrogens is 178 g/mol. The SMILES string of the molecule is CC(C)(C)OC(=O)N1C[C@@H]2C=C[C@H]1C2. The van der Waals surface area contributed by atoms with E-state index in [0.29, 0.717) is 5.92 Å². The first-order valence-electron chi connectivity index (χ1n) is 5.14. The number of fused-ring (bicyclic) bond motifs is 2. The molecule has 1 saturated heterocycles. The highest BCUT2D eigenvalue weighted by Crippen LogP contribution is 2.32. The molecule has 2 atom stereocenters. The lowest BCUT2D eigenvalue weighted by atomic mass is 10.2. The topological polar surface area (TPSA) is 29.5 Å². The number of hydrogen-bond donors (Lipinski definition) is 0. The van der Waals surface area contributed by atoms with E-state index in [1.807, 2.05) is 25.7 Å². The molecule has 1 amide bonds. The number of hydrogen-bond acceptors (Lipinski definition) is 2. The van der Waals surface area contributed by atoms with Crippen LogP contribution in [-0.2, 0) is 4.74 Å². The van der Waals surface area contributed by atoms with E-state index in [1.54, 1.807) is 0 Å². The quantitative estimate of drug-likeness (QED) is 0.554. The molecule has 1 fully saturated rings. The van der Waals surface area contributed by atoms with Crippen molar-refractivity contribution < 1.29 is 9.53 Å². The summed E-state index contributed by atoms with van der Waals surface area (Å²) in [5, 5.41) is 0. The van der Waals surface area contributed by atoms with Crippen molar-refractivity contribution in [2.24, 2.45) is 5.92 Å². The number of amides is 1. The van der Waals surface area contributed by atoms with Crippen molar-refractivity contribution in [3.8, 4) is 0 Å². The lowest BCUT2D eigenvalue weighted by Gasteiger charge is -2.28. The minimum atomic E-state index is -0.386. The molecule has 0 saturated carbocycles. The molecule has 2 bridgehead atoms. The van der Waals surface area contributed by atoms with E-state index in [-0.39, 0.29) is 17.7 Å². The lowest BCUT2D eigenvalue weighted by molar-refractivity contribution is 0.0247. The van der Waals surface area contributed by atoms with Gasteiger partial charge in [-0.25, -0.2) is 4.79 Å². The molecule has 3 heteroatoms. The van der Waals surface area contributed by atoms with E-state index >= 15 is 0 Å². The number of carbonyl (C=O) groups excluding carboxylic acids is 1. The first-order valence-corrected chi connectivity index (χ1v) is 5.14. The van der Waals surface area contributed by atoms with Crippen molar-refractivity contribution in [2.45, 2.75) is 38.8 Å².